The molecular weight excluding hydrogens is 821 g/mol. The first-order valence-electron chi connectivity index (χ1n) is 18.9. The smallest absolute Gasteiger partial charge is 0.420 e. The van der Waals surface area contributed by atoms with E-state index in [0.717, 1.165) is 62.5 Å². The highest BCUT2D eigenvalue weighted by molar-refractivity contribution is 5.90. The zero-order valence-electron chi connectivity index (χ0n) is 32.8. The van der Waals surface area contributed by atoms with E-state index in [2.05, 4.69) is 17.9 Å². The number of rotatable bonds is 24. The minimum atomic E-state index is -5.75. The molecular formula is C44H43F7O10. The van der Waals surface area contributed by atoms with Crippen LogP contribution in [0.5, 0.6) is 23.0 Å². The molecule has 17 heteroatoms. The third kappa shape index (κ3) is 17.8. The van der Waals surface area contributed by atoms with E-state index in [4.69, 9.17) is 23.7 Å². The van der Waals surface area contributed by atoms with Crippen molar-refractivity contribution >= 4 is 36.0 Å². The highest BCUT2D eigenvalue weighted by Gasteiger charge is 2.48. The Morgan fingerprint density at radius 2 is 0.951 bits per heavy atom. The van der Waals surface area contributed by atoms with Crippen LogP contribution in [0.1, 0.15) is 73.6 Å². The average molecular weight is 865 g/mol. The van der Waals surface area contributed by atoms with Gasteiger partial charge >= 0.3 is 36.2 Å². The van der Waals surface area contributed by atoms with Crippen molar-refractivity contribution in [2.75, 3.05) is 26.4 Å². The monoisotopic (exact) mass is 864 g/mol. The van der Waals surface area contributed by atoms with E-state index < -0.39 is 64.7 Å². The molecule has 61 heavy (non-hydrogen) atoms. The highest BCUT2D eigenvalue weighted by Crippen LogP contribution is 2.49. The summed E-state index contributed by atoms with van der Waals surface area (Å²) in [6.45, 7) is 7.77. The summed E-state index contributed by atoms with van der Waals surface area (Å²) in [4.78, 5) is 47.1. The van der Waals surface area contributed by atoms with Crippen LogP contribution in [-0.2, 0) is 41.0 Å². The van der Waals surface area contributed by atoms with Gasteiger partial charge in [-0.3, -0.25) is 0 Å². The lowest BCUT2D eigenvalue weighted by Crippen LogP contribution is -2.21. The quantitative estimate of drug-likeness (QED) is 0.0283. The Kier molecular flexibility index (Phi) is 19.8. The van der Waals surface area contributed by atoms with Crippen LogP contribution in [0.4, 0.5) is 30.7 Å². The van der Waals surface area contributed by atoms with Crippen LogP contribution in [0.25, 0.3) is 12.2 Å². The number of unbranched alkanes of at least 4 members (excludes halogenated alkanes) is 6. The Labute approximate surface area is 347 Å². The molecule has 0 atom stereocenters. The Morgan fingerprint density at radius 1 is 0.525 bits per heavy atom. The van der Waals surface area contributed by atoms with Crippen molar-refractivity contribution in [2.45, 2.75) is 63.7 Å². The molecule has 0 heterocycles. The maximum Gasteiger partial charge on any atom is 0.420 e. The van der Waals surface area contributed by atoms with Gasteiger partial charge in [0.15, 0.2) is 0 Å². The summed E-state index contributed by atoms with van der Waals surface area (Å²) in [6.07, 6.45) is -0.339. The van der Waals surface area contributed by atoms with Crippen LogP contribution >= 0.6 is 0 Å². The van der Waals surface area contributed by atoms with Gasteiger partial charge in [-0.1, -0.05) is 25.3 Å². The second kappa shape index (κ2) is 24.6. The fraction of sp³-hybridized carbons (Fsp3) is 0.318. The number of benzene rings is 3. The molecule has 0 aromatic heterocycles. The second-order valence-electron chi connectivity index (χ2n) is 12.8. The summed E-state index contributed by atoms with van der Waals surface area (Å²) >= 11 is 0. The maximum absolute atomic E-state index is 14.7. The predicted molar refractivity (Wildman–Crippen MR) is 209 cm³/mol. The molecule has 0 spiro atoms. The Balaban J connectivity index is 1.59. The van der Waals surface area contributed by atoms with Gasteiger partial charge in [0.25, 0.3) is 0 Å². The average Bonchev–Trinajstić information content (AvgIpc) is 3.21. The van der Waals surface area contributed by atoms with Crippen molar-refractivity contribution in [1.82, 2.24) is 0 Å². The lowest BCUT2D eigenvalue weighted by molar-refractivity contribution is -0.164. The van der Waals surface area contributed by atoms with Crippen LogP contribution in [0, 0.1) is 5.82 Å². The SMILES string of the molecule is C=CC(=O)OCCCCCCOc1ccc(C=CC(=O)Oc2ccc(OC(=O)C=Cc3ccc(OCCCCCCOC(=O)C=C)cc3F)c(C(F)(F)F)c2C(F)(F)F)cc1. The summed E-state index contributed by atoms with van der Waals surface area (Å²) in [5, 5.41) is 0. The van der Waals surface area contributed by atoms with Crippen molar-refractivity contribution < 1.29 is 78.3 Å². The van der Waals surface area contributed by atoms with Gasteiger partial charge in [-0.25, -0.2) is 23.6 Å². The fourth-order valence-electron chi connectivity index (χ4n) is 5.27. The van der Waals surface area contributed by atoms with Gasteiger partial charge in [0, 0.05) is 35.9 Å². The van der Waals surface area contributed by atoms with Crippen molar-refractivity contribution in [2.24, 2.45) is 0 Å². The molecule has 3 aromatic carbocycles. The minimum Gasteiger partial charge on any atom is -0.494 e. The van der Waals surface area contributed by atoms with Gasteiger partial charge in [0.05, 0.1) is 26.4 Å². The van der Waals surface area contributed by atoms with Gasteiger partial charge in [-0.2, -0.15) is 26.3 Å². The fourth-order valence-corrected chi connectivity index (χ4v) is 5.27. The number of halogens is 7. The summed E-state index contributed by atoms with van der Waals surface area (Å²) in [6, 6.07) is 10.5. The Hall–Kier alpha value is -6.39. The topological polar surface area (TPSA) is 124 Å². The van der Waals surface area contributed by atoms with Gasteiger partial charge in [-0.15, -0.1) is 0 Å². The molecule has 0 fully saturated rings. The van der Waals surface area contributed by atoms with E-state index in [0.29, 0.717) is 68.1 Å². The van der Waals surface area contributed by atoms with Crippen molar-refractivity contribution in [3.05, 3.63) is 120 Å². The number of esters is 4. The highest BCUT2D eigenvalue weighted by atomic mass is 19.4. The molecule has 0 aliphatic carbocycles. The first-order chi connectivity index (χ1) is 29.0. The first-order valence-corrected chi connectivity index (χ1v) is 18.9. The lowest BCUT2D eigenvalue weighted by Gasteiger charge is -2.21. The number of alkyl halides is 6. The number of ether oxygens (including phenoxy) is 6. The van der Waals surface area contributed by atoms with Crippen molar-refractivity contribution in [1.29, 1.82) is 0 Å². The molecule has 0 saturated carbocycles. The minimum absolute atomic E-state index is 0.144. The molecule has 0 aliphatic heterocycles. The maximum atomic E-state index is 14.7. The molecule has 0 radical (unpaired) electrons. The van der Waals surface area contributed by atoms with Gasteiger partial charge in [-0.05, 0) is 105 Å². The van der Waals surface area contributed by atoms with Crippen LogP contribution in [0.15, 0.2) is 92.1 Å². The molecule has 3 aromatic rings. The third-order valence-corrected chi connectivity index (χ3v) is 8.22. The predicted octanol–water partition coefficient (Wildman–Crippen LogP) is 10.4. The van der Waals surface area contributed by atoms with Gasteiger partial charge < -0.3 is 28.4 Å². The van der Waals surface area contributed by atoms with Gasteiger partial charge in [0.2, 0.25) is 0 Å². The number of hydrogen-bond acceptors (Lipinski definition) is 10. The molecule has 0 N–H and O–H groups in total. The number of carbonyl (C=O) groups is 4. The first kappa shape index (κ1) is 49.0. The summed E-state index contributed by atoms with van der Waals surface area (Å²) < 4.78 is 130. The molecule has 0 aliphatic rings. The van der Waals surface area contributed by atoms with E-state index in [9.17, 15) is 49.9 Å². The standard InChI is InChI=1S/C44H43F7O10/c1-3-37(52)58-27-11-7-5-9-25-56-32-18-13-30(14-19-32)15-23-39(54)60-35-21-22-36(42(44(49,50)51)41(35)43(46,47)48)61-40(55)24-17-31-16-20-33(29-34(31)45)57-26-10-6-8-12-28-59-38(53)4-2/h3-4,13-24,29H,1-2,5-12,25-28H2. The second-order valence-corrected chi connectivity index (χ2v) is 12.8. The third-order valence-electron chi connectivity index (χ3n) is 8.22. The van der Waals surface area contributed by atoms with Crippen LogP contribution in [0.3, 0.4) is 0 Å². The number of hydrogen-bond donors (Lipinski definition) is 0. The van der Waals surface area contributed by atoms with E-state index >= 15 is 0 Å². The summed E-state index contributed by atoms with van der Waals surface area (Å²) in [5.74, 6) is -7.29. The van der Waals surface area contributed by atoms with E-state index in [1.54, 1.807) is 12.1 Å². The lowest BCUT2D eigenvalue weighted by atomic mass is 10.0. The van der Waals surface area contributed by atoms with Crippen LogP contribution in [-0.4, -0.2) is 50.3 Å². The molecule has 0 saturated heterocycles. The van der Waals surface area contributed by atoms with E-state index in [-0.39, 0.29) is 24.5 Å². The van der Waals surface area contributed by atoms with E-state index in [1.807, 2.05) is 0 Å². The molecule has 3 rings (SSSR count). The van der Waals surface area contributed by atoms with Crippen molar-refractivity contribution in [3.63, 3.8) is 0 Å². The molecule has 0 bridgehead atoms. The molecule has 10 nitrogen and oxygen atoms in total. The normalized spacial score (nSPS) is 11.6. The summed E-state index contributed by atoms with van der Waals surface area (Å²) in [7, 11) is 0. The largest absolute Gasteiger partial charge is 0.494 e. The van der Waals surface area contributed by atoms with E-state index in [1.165, 1.54) is 24.3 Å². The van der Waals surface area contributed by atoms with Crippen LogP contribution < -0.4 is 18.9 Å². The number of carbonyl (C=O) groups excluding carboxylic acids is 4. The zero-order valence-corrected chi connectivity index (χ0v) is 32.8. The molecule has 0 unspecified atom stereocenters. The van der Waals surface area contributed by atoms with Crippen LogP contribution in [0.2, 0.25) is 0 Å². The van der Waals surface area contributed by atoms with Crippen molar-refractivity contribution in [3.8, 4) is 23.0 Å². The summed E-state index contributed by atoms with van der Waals surface area (Å²) in [5.41, 5.74) is -4.67. The van der Waals surface area contributed by atoms with Gasteiger partial charge in [0.1, 0.15) is 39.9 Å². The zero-order chi connectivity index (χ0) is 44.8. The Bertz CT molecular complexity index is 2020. The Morgan fingerprint density at radius 3 is 1.39 bits per heavy atom. The molecule has 328 valence electrons. The molecule has 0 amide bonds.